The summed E-state index contributed by atoms with van der Waals surface area (Å²) in [6.07, 6.45) is -4.34. The summed E-state index contributed by atoms with van der Waals surface area (Å²) < 4.78 is 42.8. The molecule has 0 spiro atoms. The lowest BCUT2D eigenvalue weighted by Gasteiger charge is -2.21. The van der Waals surface area contributed by atoms with E-state index in [-0.39, 0.29) is 19.2 Å². The van der Waals surface area contributed by atoms with Crippen molar-refractivity contribution in [3.63, 3.8) is 0 Å². The average Bonchev–Trinajstić information content (AvgIpc) is 2.71. The molecule has 1 aliphatic rings. The number of hydrogen-bond donors (Lipinski definition) is 1. The van der Waals surface area contributed by atoms with Gasteiger partial charge in [-0.05, 0) is 30.7 Å². The Hall–Kier alpha value is -1.76. The monoisotopic (exact) mass is 288 g/mol. The van der Waals surface area contributed by atoms with Crippen molar-refractivity contribution in [3.8, 4) is 0 Å². The fourth-order valence-electron chi connectivity index (χ4n) is 2.16. The first-order valence-corrected chi connectivity index (χ1v) is 6.21. The summed E-state index contributed by atoms with van der Waals surface area (Å²) in [6, 6.07) is 4.76. The van der Waals surface area contributed by atoms with Crippen LogP contribution in [0.4, 0.5) is 18.0 Å². The van der Waals surface area contributed by atoms with E-state index < -0.39 is 17.8 Å². The molecule has 0 bridgehead atoms. The van der Waals surface area contributed by atoms with Crippen LogP contribution in [0.25, 0.3) is 0 Å². The molecule has 7 heteroatoms. The average molecular weight is 288 g/mol. The van der Waals surface area contributed by atoms with Crippen LogP contribution in [0, 0.1) is 0 Å². The van der Waals surface area contributed by atoms with E-state index in [1.807, 2.05) is 0 Å². The Morgan fingerprint density at radius 3 is 2.80 bits per heavy atom. The highest BCUT2D eigenvalue weighted by Gasteiger charge is 2.33. The van der Waals surface area contributed by atoms with E-state index in [1.54, 1.807) is 6.07 Å². The smallest absolute Gasteiger partial charge is 0.416 e. The molecule has 2 N–H and O–H groups in total. The van der Waals surface area contributed by atoms with E-state index in [9.17, 15) is 18.0 Å². The van der Waals surface area contributed by atoms with Crippen LogP contribution in [0.3, 0.4) is 0 Å². The van der Waals surface area contributed by atoms with E-state index in [0.29, 0.717) is 18.5 Å². The van der Waals surface area contributed by atoms with Crippen molar-refractivity contribution < 1.29 is 22.7 Å². The van der Waals surface area contributed by atoms with Crippen molar-refractivity contribution in [2.24, 2.45) is 5.73 Å². The van der Waals surface area contributed by atoms with E-state index in [2.05, 4.69) is 0 Å². The van der Waals surface area contributed by atoms with E-state index in [0.717, 1.165) is 12.1 Å². The number of hydrogen-bond acceptors (Lipinski definition) is 3. The topological polar surface area (TPSA) is 55.6 Å². The van der Waals surface area contributed by atoms with Crippen LogP contribution < -0.4 is 5.73 Å². The molecule has 1 unspecified atom stereocenters. The number of carbonyl (C=O) groups is 1. The standard InChI is InChI=1S/C13H15F3N2O2/c14-13(15,16)10-3-1-2-9(6-10)7-18-11(4-5-17)8-20-12(18)19/h1-3,6,11H,4-5,7-8,17H2. The number of alkyl halides is 3. The Bertz CT molecular complexity index is 491. The molecule has 1 amide bonds. The van der Waals surface area contributed by atoms with Crippen LogP contribution in [0.15, 0.2) is 24.3 Å². The predicted octanol–water partition coefficient (Wildman–Crippen LogP) is 2.38. The number of benzene rings is 1. The van der Waals surface area contributed by atoms with Gasteiger partial charge in [0.25, 0.3) is 0 Å². The summed E-state index contributed by atoms with van der Waals surface area (Å²) in [5.41, 5.74) is 5.14. The number of amides is 1. The van der Waals surface area contributed by atoms with Crippen molar-refractivity contribution in [3.05, 3.63) is 35.4 Å². The minimum Gasteiger partial charge on any atom is -0.447 e. The fourth-order valence-corrected chi connectivity index (χ4v) is 2.16. The Kier molecular flexibility index (Phi) is 4.17. The number of carbonyl (C=O) groups excluding carboxylic acids is 1. The molecule has 2 rings (SSSR count). The maximum Gasteiger partial charge on any atom is 0.416 e. The molecule has 0 aromatic heterocycles. The van der Waals surface area contributed by atoms with Gasteiger partial charge in [0.2, 0.25) is 0 Å². The first kappa shape index (κ1) is 14.6. The number of rotatable bonds is 4. The highest BCUT2D eigenvalue weighted by Crippen LogP contribution is 2.30. The number of halogens is 3. The Labute approximate surface area is 114 Å². The third-order valence-corrected chi connectivity index (χ3v) is 3.18. The molecule has 1 aliphatic heterocycles. The van der Waals surface area contributed by atoms with Crippen molar-refractivity contribution >= 4 is 6.09 Å². The number of cyclic esters (lactones) is 1. The van der Waals surface area contributed by atoms with Gasteiger partial charge in [0.1, 0.15) is 6.61 Å². The van der Waals surface area contributed by atoms with Gasteiger partial charge in [-0.15, -0.1) is 0 Å². The molecule has 1 fully saturated rings. The van der Waals surface area contributed by atoms with Crippen molar-refractivity contribution in [1.29, 1.82) is 0 Å². The fraction of sp³-hybridized carbons (Fsp3) is 0.462. The summed E-state index contributed by atoms with van der Waals surface area (Å²) in [5.74, 6) is 0. The number of ether oxygens (including phenoxy) is 1. The minimum absolute atomic E-state index is 0.0907. The Balaban J connectivity index is 2.14. The summed E-state index contributed by atoms with van der Waals surface area (Å²) in [6.45, 7) is 0.711. The summed E-state index contributed by atoms with van der Waals surface area (Å²) in [7, 11) is 0. The van der Waals surface area contributed by atoms with Gasteiger partial charge < -0.3 is 10.5 Å². The van der Waals surface area contributed by atoms with Crippen molar-refractivity contribution in [1.82, 2.24) is 4.90 Å². The molecule has 4 nitrogen and oxygen atoms in total. The normalized spacial score (nSPS) is 19.3. The van der Waals surface area contributed by atoms with Gasteiger partial charge in [-0.25, -0.2) is 4.79 Å². The van der Waals surface area contributed by atoms with Gasteiger partial charge in [0.05, 0.1) is 11.6 Å². The van der Waals surface area contributed by atoms with Crippen LogP contribution in [0.5, 0.6) is 0 Å². The van der Waals surface area contributed by atoms with E-state index in [4.69, 9.17) is 10.5 Å². The van der Waals surface area contributed by atoms with Gasteiger partial charge in [0, 0.05) is 6.54 Å². The zero-order valence-corrected chi connectivity index (χ0v) is 10.7. The maximum atomic E-state index is 12.6. The van der Waals surface area contributed by atoms with Gasteiger partial charge >= 0.3 is 12.3 Å². The molecule has 1 aromatic carbocycles. The third kappa shape index (κ3) is 3.22. The minimum atomic E-state index is -4.39. The second-order valence-corrected chi connectivity index (χ2v) is 4.63. The molecule has 20 heavy (non-hydrogen) atoms. The molecular formula is C13H15F3N2O2. The zero-order valence-electron chi connectivity index (χ0n) is 10.7. The molecule has 1 heterocycles. The maximum absolute atomic E-state index is 12.6. The highest BCUT2D eigenvalue weighted by atomic mass is 19.4. The Morgan fingerprint density at radius 2 is 2.15 bits per heavy atom. The molecule has 110 valence electrons. The van der Waals surface area contributed by atoms with Crippen LogP contribution >= 0.6 is 0 Å². The molecule has 0 radical (unpaired) electrons. The van der Waals surface area contributed by atoms with Crippen LogP contribution in [0.2, 0.25) is 0 Å². The van der Waals surface area contributed by atoms with Gasteiger partial charge in [-0.1, -0.05) is 12.1 Å². The third-order valence-electron chi connectivity index (χ3n) is 3.18. The van der Waals surface area contributed by atoms with Crippen LogP contribution in [-0.4, -0.2) is 30.2 Å². The van der Waals surface area contributed by atoms with Gasteiger partial charge in [0.15, 0.2) is 0 Å². The Morgan fingerprint density at radius 1 is 1.40 bits per heavy atom. The lowest BCUT2D eigenvalue weighted by Crippen LogP contribution is -2.34. The van der Waals surface area contributed by atoms with Crippen LogP contribution in [0.1, 0.15) is 17.5 Å². The van der Waals surface area contributed by atoms with Gasteiger partial charge in [-0.3, -0.25) is 4.90 Å². The highest BCUT2D eigenvalue weighted by molar-refractivity contribution is 5.70. The van der Waals surface area contributed by atoms with Crippen LogP contribution in [-0.2, 0) is 17.5 Å². The molecule has 1 saturated heterocycles. The summed E-state index contributed by atoms with van der Waals surface area (Å²) in [5, 5.41) is 0. The molecule has 1 atom stereocenters. The summed E-state index contributed by atoms with van der Waals surface area (Å²) in [4.78, 5) is 13.0. The van der Waals surface area contributed by atoms with Gasteiger partial charge in [-0.2, -0.15) is 13.2 Å². The zero-order chi connectivity index (χ0) is 14.8. The largest absolute Gasteiger partial charge is 0.447 e. The van der Waals surface area contributed by atoms with E-state index in [1.165, 1.54) is 11.0 Å². The quantitative estimate of drug-likeness (QED) is 0.925. The van der Waals surface area contributed by atoms with Crippen molar-refractivity contribution in [2.45, 2.75) is 25.2 Å². The first-order valence-electron chi connectivity index (χ1n) is 6.21. The molecule has 0 aliphatic carbocycles. The number of nitrogens with zero attached hydrogens (tertiary/aromatic N) is 1. The number of nitrogens with two attached hydrogens (primary N) is 1. The molecule has 1 aromatic rings. The van der Waals surface area contributed by atoms with Crippen molar-refractivity contribution in [2.75, 3.05) is 13.2 Å². The first-order chi connectivity index (χ1) is 9.41. The predicted molar refractivity (Wildman–Crippen MR) is 65.8 cm³/mol. The second kappa shape index (κ2) is 5.70. The molecule has 0 saturated carbocycles. The summed E-state index contributed by atoms with van der Waals surface area (Å²) >= 11 is 0. The SMILES string of the molecule is NCCC1COC(=O)N1Cc1cccc(C(F)(F)F)c1. The lowest BCUT2D eigenvalue weighted by atomic mass is 10.1. The lowest BCUT2D eigenvalue weighted by molar-refractivity contribution is -0.137. The second-order valence-electron chi connectivity index (χ2n) is 4.63. The van der Waals surface area contributed by atoms with E-state index >= 15 is 0 Å². The molecular weight excluding hydrogens is 273 g/mol.